The van der Waals surface area contributed by atoms with Crippen LogP contribution >= 0.6 is 0 Å². The Morgan fingerprint density at radius 1 is 1.16 bits per heavy atom. The molecule has 0 spiro atoms. The fourth-order valence-corrected chi connectivity index (χ4v) is 2.15. The van der Waals surface area contributed by atoms with Gasteiger partial charge in [-0.15, -0.1) is 0 Å². The largest absolute Gasteiger partial charge is 0.496 e. The van der Waals surface area contributed by atoms with Crippen LogP contribution in [-0.4, -0.2) is 24.9 Å². The lowest BCUT2D eigenvalue weighted by Gasteiger charge is -2.09. The van der Waals surface area contributed by atoms with Crippen molar-refractivity contribution < 1.29 is 9.47 Å². The van der Waals surface area contributed by atoms with Crippen molar-refractivity contribution in [2.24, 2.45) is 5.92 Å². The Bertz CT molecular complexity index is 516. The van der Waals surface area contributed by atoms with Gasteiger partial charge in [-0.05, 0) is 30.5 Å². The maximum Gasteiger partial charge on any atom is 0.128 e. The number of aromatic nitrogens is 1. The van der Waals surface area contributed by atoms with Crippen LogP contribution in [0.25, 0.3) is 10.9 Å². The van der Waals surface area contributed by atoms with Gasteiger partial charge in [-0.1, -0.05) is 19.9 Å². The standard InChI is InChI=1S/C16H23NO2/c1-13(2)8-11-19-12-10-17-9-7-14-15(17)5-4-6-16(14)18-3/h4-7,9,13H,8,10-12H2,1-3H3. The molecule has 1 aromatic carbocycles. The fourth-order valence-electron chi connectivity index (χ4n) is 2.15. The third kappa shape index (κ3) is 3.51. The minimum absolute atomic E-state index is 0.705. The first kappa shape index (κ1) is 13.9. The number of rotatable bonds is 7. The lowest BCUT2D eigenvalue weighted by atomic mass is 10.1. The van der Waals surface area contributed by atoms with Gasteiger partial charge in [0.2, 0.25) is 0 Å². The van der Waals surface area contributed by atoms with E-state index in [1.165, 1.54) is 5.52 Å². The Labute approximate surface area is 115 Å². The molecule has 0 aliphatic carbocycles. The molecule has 0 aliphatic rings. The van der Waals surface area contributed by atoms with Gasteiger partial charge in [0.15, 0.2) is 0 Å². The van der Waals surface area contributed by atoms with E-state index in [-0.39, 0.29) is 0 Å². The number of hydrogen-bond donors (Lipinski definition) is 0. The Morgan fingerprint density at radius 2 is 2.00 bits per heavy atom. The first-order valence-electron chi connectivity index (χ1n) is 6.92. The molecule has 2 rings (SSSR count). The van der Waals surface area contributed by atoms with Crippen molar-refractivity contribution in [3.63, 3.8) is 0 Å². The zero-order valence-corrected chi connectivity index (χ0v) is 12.1. The molecule has 0 amide bonds. The second kappa shape index (κ2) is 6.62. The van der Waals surface area contributed by atoms with Crippen molar-refractivity contribution in [2.75, 3.05) is 20.3 Å². The first-order chi connectivity index (χ1) is 9.22. The minimum Gasteiger partial charge on any atom is -0.496 e. The van der Waals surface area contributed by atoms with E-state index in [0.717, 1.165) is 37.3 Å². The molecule has 0 radical (unpaired) electrons. The summed E-state index contributed by atoms with van der Waals surface area (Å²) < 4.78 is 13.3. The van der Waals surface area contributed by atoms with Crippen molar-refractivity contribution in [3.8, 4) is 5.75 Å². The average molecular weight is 261 g/mol. The maximum absolute atomic E-state index is 5.67. The molecular formula is C16H23NO2. The summed E-state index contributed by atoms with van der Waals surface area (Å²) in [6.07, 6.45) is 3.22. The van der Waals surface area contributed by atoms with Gasteiger partial charge in [0.05, 0.1) is 19.2 Å². The Hall–Kier alpha value is -1.48. The first-order valence-corrected chi connectivity index (χ1v) is 6.92. The predicted molar refractivity (Wildman–Crippen MR) is 78.8 cm³/mol. The quantitative estimate of drug-likeness (QED) is 0.709. The highest BCUT2D eigenvalue weighted by atomic mass is 16.5. The van der Waals surface area contributed by atoms with Gasteiger partial charge >= 0.3 is 0 Å². The Morgan fingerprint density at radius 3 is 2.74 bits per heavy atom. The van der Waals surface area contributed by atoms with Crippen LogP contribution in [0.15, 0.2) is 30.5 Å². The lowest BCUT2D eigenvalue weighted by Crippen LogP contribution is -2.07. The summed E-state index contributed by atoms with van der Waals surface area (Å²) >= 11 is 0. The molecule has 0 N–H and O–H groups in total. The van der Waals surface area contributed by atoms with Crippen molar-refractivity contribution >= 4 is 10.9 Å². The third-order valence-corrected chi connectivity index (χ3v) is 3.31. The average Bonchev–Trinajstić information content (AvgIpc) is 2.81. The number of fused-ring (bicyclic) bond motifs is 1. The Kier molecular flexibility index (Phi) is 4.86. The van der Waals surface area contributed by atoms with Crippen molar-refractivity contribution in [1.82, 2.24) is 4.57 Å². The van der Waals surface area contributed by atoms with Gasteiger partial charge in [0.25, 0.3) is 0 Å². The van der Waals surface area contributed by atoms with Gasteiger partial charge in [-0.2, -0.15) is 0 Å². The number of benzene rings is 1. The zero-order chi connectivity index (χ0) is 13.7. The smallest absolute Gasteiger partial charge is 0.128 e. The van der Waals surface area contributed by atoms with E-state index in [1.807, 2.05) is 12.1 Å². The van der Waals surface area contributed by atoms with Gasteiger partial charge in [-0.25, -0.2) is 0 Å². The van der Waals surface area contributed by atoms with E-state index in [9.17, 15) is 0 Å². The molecule has 0 bridgehead atoms. The van der Waals surface area contributed by atoms with Crippen molar-refractivity contribution in [2.45, 2.75) is 26.8 Å². The van der Waals surface area contributed by atoms with Crippen LogP contribution in [0.5, 0.6) is 5.75 Å². The van der Waals surface area contributed by atoms with Crippen LogP contribution in [0.4, 0.5) is 0 Å². The second-order valence-electron chi connectivity index (χ2n) is 5.20. The molecule has 1 aromatic heterocycles. The summed E-state index contributed by atoms with van der Waals surface area (Å²) in [7, 11) is 1.71. The normalized spacial score (nSPS) is 11.4. The van der Waals surface area contributed by atoms with Crippen LogP contribution in [0, 0.1) is 5.92 Å². The second-order valence-corrected chi connectivity index (χ2v) is 5.20. The molecule has 0 atom stereocenters. The van der Waals surface area contributed by atoms with Crippen molar-refractivity contribution in [3.05, 3.63) is 30.5 Å². The summed E-state index contributed by atoms with van der Waals surface area (Å²) in [4.78, 5) is 0. The highest BCUT2D eigenvalue weighted by Crippen LogP contribution is 2.26. The highest BCUT2D eigenvalue weighted by Gasteiger charge is 2.05. The predicted octanol–water partition coefficient (Wildman–Crippen LogP) is 3.71. The van der Waals surface area contributed by atoms with E-state index in [1.54, 1.807) is 7.11 Å². The molecule has 19 heavy (non-hydrogen) atoms. The molecular weight excluding hydrogens is 238 g/mol. The van der Waals surface area contributed by atoms with Crippen LogP contribution in [0.3, 0.4) is 0 Å². The summed E-state index contributed by atoms with van der Waals surface area (Å²) in [5.41, 5.74) is 1.20. The molecule has 0 unspecified atom stereocenters. The van der Waals surface area contributed by atoms with E-state index in [0.29, 0.717) is 5.92 Å². The molecule has 3 heteroatoms. The van der Waals surface area contributed by atoms with E-state index >= 15 is 0 Å². The van der Waals surface area contributed by atoms with E-state index < -0.39 is 0 Å². The molecule has 3 nitrogen and oxygen atoms in total. The van der Waals surface area contributed by atoms with Crippen LogP contribution in [0.2, 0.25) is 0 Å². The summed E-state index contributed by atoms with van der Waals surface area (Å²) in [6, 6.07) is 8.23. The molecule has 0 saturated heterocycles. The molecule has 0 fully saturated rings. The van der Waals surface area contributed by atoms with Crippen LogP contribution in [-0.2, 0) is 11.3 Å². The summed E-state index contributed by atoms with van der Waals surface area (Å²) in [5, 5.41) is 1.16. The fraction of sp³-hybridized carbons (Fsp3) is 0.500. The number of ether oxygens (including phenoxy) is 2. The number of methoxy groups -OCH3 is 1. The maximum atomic E-state index is 5.67. The van der Waals surface area contributed by atoms with E-state index in [4.69, 9.17) is 9.47 Å². The van der Waals surface area contributed by atoms with Gasteiger partial charge in [0, 0.05) is 24.7 Å². The zero-order valence-electron chi connectivity index (χ0n) is 12.1. The third-order valence-electron chi connectivity index (χ3n) is 3.31. The van der Waals surface area contributed by atoms with Crippen LogP contribution in [0.1, 0.15) is 20.3 Å². The number of nitrogens with zero attached hydrogens (tertiary/aromatic N) is 1. The molecule has 1 heterocycles. The van der Waals surface area contributed by atoms with Gasteiger partial charge in [-0.3, -0.25) is 0 Å². The topological polar surface area (TPSA) is 23.4 Å². The molecule has 104 valence electrons. The minimum atomic E-state index is 0.705. The molecule has 0 aliphatic heterocycles. The molecule has 0 saturated carbocycles. The van der Waals surface area contributed by atoms with Crippen LogP contribution < -0.4 is 4.74 Å². The Balaban J connectivity index is 1.94. The summed E-state index contributed by atoms with van der Waals surface area (Å²) in [5.74, 6) is 1.63. The van der Waals surface area contributed by atoms with Gasteiger partial charge < -0.3 is 14.0 Å². The SMILES string of the molecule is COc1cccc2c1ccn2CCOCCC(C)C. The number of hydrogen-bond acceptors (Lipinski definition) is 2. The molecule has 2 aromatic rings. The van der Waals surface area contributed by atoms with E-state index in [2.05, 4.69) is 36.7 Å². The highest BCUT2D eigenvalue weighted by molar-refractivity contribution is 5.86. The lowest BCUT2D eigenvalue weighted by molar-refractivity contribution is 0.117. The van der Waals surface area contributed by atoms with Gasteiger partial charge in [0.1, 0.15) is 5.75 Å². The van der Waals surface area contributed by atoms with Crippen molar-refractivity contribution in [1.29, 1.82) is 0 Å². The summed E-state index contributed by atoms with van der Waals surface area (Å²) in [6.45, 7) is 6.92. The monoisotopic (exact) mass is 261 g/mol.